The van der Waals surface area contributed by atoms with Gasteiger partial charge in [-0.3, -0.25) is 0 Å². The monoisotopic (exact) mass is 246 g/mol. The number of rotatable bonds is 2. The van der Waals surface area contributed by atoms with Gasteiger partial charge in [0.1, 0.15) is 0 Å². The van der Waals surface area contributed by atoms with Crippen LogP contribution in [0.25, 0.3) is 0 Å². The Balaban J connectivity index is 1.83. The Kier molecular flexibility index (Phi) is 3.81. The number of hydrogen-bond donors (Lipinski definition) is 1. The molecule has 0 spiro atoms. The molecular weight excluding hydrogens is 224 g/mol. The van der Waals surface area contributed by atoms with E-state index >= 15 is 0 Å². The summed E-state index contributed by atoms with van der Waals surface area (Å²) in [6.07, 6.45) is 2.34. The molecular formula is C15H22N2O. The number of para-hydroxylation sites is 1. The van der Waals surface area contributed by atoms with Gasteiger partial charge < -0.3 is 15.0 Å². The number of hydrogen-bond acceptors (Lipinski definition) is 3. The van der Waals surface area contributed by atoms with Crippen molar-refractivity contribution in [3.63, 3.8) is 0 Å². The summed E-state index contributed by atoms with van der Waals surface area (Å²) in [5.41, 5.74) is 2.98. The van der Waals surface area contributed by atoms with Crippen molar-refractivity contribution >= 4 is 5.69 Å². The van der Waals surface area contributed by atoms with Crippen LogP contribution in [0.4, 0.5) is 5.69 Å². The minimum absolute atomic E-state index is 0.685. The highest BCUT2D eigenvalue weighted by Crippen LogP contribution is 2.34. The molecule has 0 saturated carbocycles. The molecule has 2 heterocycles. The standard InChI is InChI=1S/C15H22N2O/c1-2-4-15(17-9-7-16-8-10-17)14(3-1)13-5-11-18-12-6-13/h1-4,13,16H,5-12H2. The molecule has 0 atom stereocenters. The number of nitrogens with one attached hydrogen (secondary N) is 1. The first-order chi connectivity index (χ1) is 8.95. The molecule has 0 bridgehead atoms. The second kappa shape index (κ2) is 5.72. The van der Waals surface area contributed by atoms with Gasteiger partial charge in [-0.15, -0.1) is 0 Å². The summed E-state index contributed by atoms with van der Waals surface area (Å²) in [6, 6.07) is 8.94. The fourth-order valence-corrected chi connectivity index (χ4v) is 3.04. The molecule has 0 radical (unpaired) electrons. The molecule has 18 heavy (non-hydrogen) atoms. The van der Waals surface area contributed by atoms with Gasteiger partial charge in [0.15, 0.2) is 0 Å². The molecule has 2 fully saturated rings. The van der Waals surface area contributed by atoms with Gasteiger partial charge in [-0.1, -0.05) is 18.2 Å². The molecule has 3 rings (SSSR count). The molecule has 0 unspecified atom stereocenters. The van der Waals surface area contributed by atoms with E-state index in [0.717, 1.165) is 39.4 Å². The van der Waals surface area contributed by atoms with Crippen LogP contribution in [-0.4, -0.2) is 39.4 Å². The van der Waals surface area contributed by atoms with Crippen LogP contribution in [-0.2, 0) is 4.74 Å². The molecule has 0 aliphatic carbocycles. The van der Waals surface area contributed by atoms with E-state index in [-0.39, 0.29) is 0 Å². The smallest absolute Gasteiger partial charge is 0.0471 e. The normalized spacial score (nSPS) is 22.1. The number of piperazine rings is 1. The third kappa shape index (κ3) is 2.52. The van der Waals surface area contributed by atoms with E-state index in [9.17, 15) is 0 Å². The Labute approximate surface area is 109 Å². The maximum Gasteiger partial charge on any atom is 0.0471 e. The van der Waals surface area contributed by atoms with Crippen molar-refractivity contribution in [2.24, 2.45) is 0 Å². The lowest BCUT2D eigenvalue weighted by Gasteiger charge is -2.33. The molecule has 98 valence electrons. The van der Waals surface area contributed by atoms with Crippen molar-refractivity contribution in [3.05, 3.63) is 29.8 Å². The maximum atomic E-state index is 5.48. The quantitative estimate of drug-likeness (QED) is 0.863. The summed E-state index contributed by atoms with van der Waals surface area (Å²) in [6.45, 7) is 6.28. The molecule has 1 N–H and O–H groups in total. The number of ether oxygens (including phenoxy) is 1. The van der Waals surface area contributed by atoms with E-state index in [1.807, 2.05) is 0 Å². The summed E-state index contributed by atoms with van der Waals surface area (Å²) in [5, 5.41) is 3.42. The average molecular weight is 246 g/mol. The van der Waals surface area contributed by atoms with Crippen LogP contribution in [0.15, 0.2) is 24.3 Å². The minimum atomic E-state index is 0.685. The van der Waals surface area contributed by atoms with Crippen LogP contribution in [0.2, 0.25) is 0 Å². The van der Waals surface area contributed by atoms with Crippen molar-refractivity contribution in [2.75, 3.05) is 44.3 Å². The lowest BCUT2D eigenvalue weighted by atomic mass is 9.90. The van der Waals surface area contributed by atoms with Crippen molar-refractivity contribution in [3.8, 4) is 0 Å². The average Bonchev–Trinajstić information content (AvgIpc) is 2.49. The number of benzene rings is 1. The van der Waals surface area contributed by atoms with Gasteiger partial charge in [0.2, 0.25) is 0 Å². The highest BCUT2D eigenvalue weighted by Gasteiger charge is 2.21. The van der Waals surface area contributed by atoms with Crippen molar-refractivity contribution in [1.29, 1.82) is 0 Å². The van der Waals surface area contributed by atoms with Crippen LogP contribution in [0, 0.1) is 0 Å². The Morgan fingerprint density at radius 3 is 2.56 bits per heavy atom. The van der Waals surface area contributed by atoms with Crippen molar-refractivity contribution in [2.45, 2.75) is 18.8 Å². The Morgan fingerprint density at radius 1 is 1.06 bits per heavy atom. The van der Waals surface area contributed by atoms with Crippen LogP contribution >= 0.6 is 0 Å². The molecule has 2 aliphatic rings. The van der Waals surface area contributed by atoms with Crippen LogP contribution in [0.3, 0.4) is 0 Å². The fraction of sp³-hybridized carbons (Fsp3) is 0.600. The van der Waals surface area contributed by atoms with Gasteiger partial charge in [-0.25, -0.2) is 0 Å². The van der Waals surface area contributed by atoms with Gasteiger partial charge in [0, 0.05) is 45.1 Å². The summed E-state index contributed by atoms with van der Waals surface area (Å²) in [4.78, 5) is 2.53. The van der Waals surface area contributed by atoms with E-state index in [2.05, 4.69) is 34.5 Å². The van der Waals surface area contributed by atoms with E-state index in [1.54, 1.807) is 0 Å². The third-order valence-electron chi connectivity index (χ3n) is 4.06. The van der Waals surface area contributed by atoms with E-state index < -0.39 is 0 Å². The summed E-state index contributed by atoms with van der Waals surface area (Å²) >= 11 is 0. The van der Waals surface area contributed by atoms with E-state index in [0.29, 0.717) is 5.92 Å². The highest BCUT2D eigenvalue weighted by atomic mass is 16.5. The summed E-state index contributed by atoms with van der Waals surface area (Å²) in [5.74, 6) is 0.685. The number of anilines is 1. The minimum Gasteiger partial charge on any atom is -0.381 e. The summed E-state index contributed by atoms with van der Waals surface area (Å²) < 4.78 is 5.48. The van der Waals surface area contributed by atoms with Crippen LogP contribution in [0.5, 0.6) is 0 Å². The second-order valence-corrected chi connectivity index (χ2v) is 5.18. The van der Waals surface area contributed by atoms with Crippen LogP contribution in [0.1, 0.15) is 24.3 Å². The van der Waals surface area contributed by atoms with Gasteiger partial charge in [-0.05, 0) is 30.4 Å². The molecule has 3 heteroatoms. The lowest BCUT2D eigenvalue weighted by molar-refractivity contribution is 0.0854. The van der Waals surface area contributed by atoms with Crippen molar-refractivity contribution in [1.82, 2.24) is 5.32 Å². The lowest BCUT2D eigenvalue weighted by Crippen LogP contribution is -2.44. The highest BCUT2D eigenvalue weighted by molar-refractivity contribution is 5.55. The summed E-state index contributed by atoms with van der Waals surface area (Å²) in [7, 11) is 0. The molecule has 2 aliphatic heterocycles. The van der Waals surface area contributed by atoms with Gasteiger partial charge >= 0.3 is 0 Å². The Hall–Kier alpha value is -1.06. The van der Waals surface area contributed by atoms with Crippen LogP contribution < -0.4 is 10.2 Å². The van der Waals surface area contributed by atoms with Crippen molar-refractivity contribution < 1.29 is 4.74 Å². The predicted octanol–water partition coefficient (Wildman–Crippen LogP) is 1.99. The zero-order valence-corrected chi connectivity index (χ0v) is 10.9. The first-order valence-electron chi connectivity index (χ1n) is 7.07. The van der Waals surface area contributed by atoms with Gasteiger partial charge in [-0.2, -0.15) is 0 Å². The van der Waals surface area contributed by atoms with Gasteiger partial charge in [0.05, 0.1) is 0 Å². The third-order valence-corrected chi connectivity index (χ3v) is 4.06. The molecule has 2 saturated heterocycles. The largest absolute Gasteiger partial charge is 0.381 e. The van der Waals surface area contributed by atoms with E-state index in [1.165, 1.54) is 24.1 Å². The first kappa shape index (κ1) is 12.0. The topological polar surface area (TPSA) is 24.5 Å². The Bertz CT molecular complexity index is 345. The maximum absolute atomic E-state index is 5.48. The first-order valence-corrected chi connectivity index (χ1v) is 7.07. The fourth-order valence-electron chi connectivity index (χ4n) is 3.04. The second-order valence-electron chi connectivity index (χ2n) is 5.18. The molecule has 1 aromatic rings. The van der Waals surface area contributed by atoms with Gasteiger partial charge in [0.25, 0.3) is 0 Å². The molecule has 3 nitrogen and oxygen atoms in total. The molecule has 0 amide bonds. The molecule has 1 aromatic carbocycles. The predicted molar refractivity (Wildman–Crippen MR) is 74.3 cm³/mol. The zero-order chi connectivity index (χ0) is 12.2. The molecule has 0 aromatic heterocycles. The zero-order valence-electron chi connectivity index (χ0n) is 10.9. The number of nitrogens with zero attached hydrogens (tertiary/aromatic N) is 1. The SMILES string of the molecule is c1ccc(N2CCNCC2)c(C2CCOCC2)c1. The van der Waals surface area contributed by atoms with E-state index in [4.69, 9.17) is 4.74 Å². The Morgan fingerprint density at radius 2 is 1.78 bits per heavy atom.